The third-order valence-electron chi connectivity index (χ3n) is 1.03. The van der Waals surface area contributed by atoms with Crippen LogP contribution in [0.2, 0.25) is 0 Å². The summed E-state index contributed by atoms with van der Waals surface area (Å²) in [6.07, 6.45) is 1.25. The Bertz CT molecular complexity index is 140. The van der Waals surface area contributed by atoms with Gasteiger partial charge in [-0.15, -0.1) is 0 Å². The maximum absolute atomic E-state index is 10.3. The number of rotatable bonds is 4. The Labute approximate surface area is 64.7 Å². The number of hydrazine groups is 1. The Morgan fingerprint density at radius 3 is 2.60 bits per heavy atom. The van der Waals surface area contributed by atoms with E-state index < -0.39 is 12.0 Å². The zero-order valence-corrected chi connectivity index (χ0v) is 6.29. The molecular formula is C5H10N2O2S. The number of carboxylic acid groups (broad SMARTS) is 1. The molecule has 0 saturated heterocycles. The van der Waals surface area contributed by atoms with Crippen LogP contribution in [0.3, 0.4) is 0 Å². The number of thiol groups is 1. The molecule has 10 heavy (non-hydrogen) atoms. The molecule has 4 nitrogen and oxygen atoms in total. The second-order valence-corrected chi connectivity index (χ2v) is 2.03. The third kappa shape index (κ3) is 2.28. The van der Waals surface area contributed by atoms with E-state index in [1.54, 1.807) is 0 Å². The Kier molecular flexibility index (Phi) is 3.90. The van der Waals surface area contributed by atoms with Gasteiger partial charge in [0.25, 0.3) is 0 Å². The van der Waals surface area contributed by atoms with Crippen molar-refractivity contribution in [3.63, 3.8) is 0 Å². The minimum atomic E-state index is -1.00. The number of carbonyl (C=O) groups is 1. The van der Waals surface area contributed by atoms with Crippen LogP contribution in [0.1, 0.15) is 0 Å². The summed E-state index contributed by atoms with van der Waals surface area (Å²) in [5.74, 6) is 4.38. The van der Waals surface area contributed by atoms with Gasteiger partial charge in [0.15, 0.2) is 6.04 Å². The molecule has 0 bridgehead atoms. The predicted molar refractivity (Wildman–Crippen MR) is 41.5 cm³/mol. The van der Waals surface area contributed by atoms with Crippen molar-refractivity contribution in [3.8, 4) is 0 Å². The van der Waals surface area contributed by atoms with Crippen molar-refractivity contribution in [2.75, 3.05) is 5.75 Å². The van der Waals surface area contributed by atoms with Gasteiger partial charge in [0, 0.05) is 12.0 Å². The van der Waals surface area contributed by atoms with E-state index in [0.717, 1.165) is 5.01 Å². The van der Waals surface area contributed by atoms with E-state index in [0.29, 0.717) is 0 Å². The van der Waals surface area contributed by atoms with Gasteiger partial charge >= 0.3 is 5.97 Å². The number of carboxylic acids is 1. The van der Waals surface area contributed by atoms with Crippen molar-refractivity contribution in [1.82, 2.24) is 5.01 Å². The molecule has 58 valence electrons. The van der Waals surface area contributed by atoms with Crippen LogP contribution < -0.4 is 5.84 Å². The summed E-state index contributed by atoms with van der Waals surface area (Å²) in [5.41, 5.74) is 0. The standard InChI is InChI=1S/C5H10N2O2S/c1-2-7(6)4(3-10)5(8)9/h2,4,10H,1,3,6H2,(H,8,9). The molecule has 0 aromatic rings. The van der Waals surface area contributed by atoms with Gasteiger partial charge in [0.1, 0.15) is 0 Å². The molecule has 0 radical (unpaired) electrons. The van der Waals surface area contributed by atoms with Gasteiger partial charge in [-0.2, -0.15) is 12.6 Å². The van der Waals surface area contributed by atoms with Crippen LogP contribution in [0.4, 0.5) is 0 Å². The third-order valence-corrected chi connectivity index (χ3v) is 1.37. The summed E-state index contributed by atoms with van der Waals surface area (Å²) in [5, 5.41) is 9.47. The molecular weight excluding hydrogens is 152 g/mol. The van der Waals surface area contributed by atoms with Crippen molar-refractivity contribution in [2.45, 2.75) is 6.04 Å². The lowest BCUT2D eigenvalue weighted by molar-refractivity contribution is -0.141. The molecule has 0 fully saturated rings. The summed E-state index contributed by atoms with van der Waals surface area (Å²) in [6, 6.07) is -0.791. The van der Waals surface area contributed by atoms with E-state index in [1.807, 2.05) is 0 Å². The number of nitrogens with two attached hydrogens (primary N) is 1. The normalized spacial score (nSPS) is 12.2. The quantitative estimate of drug-likeness (QED) is 0.301. The van der Waals surface area contributed by atoms with E-state index in [2.05, 4.69) is 19.2 Å². The molecule has 0 rings (SSSR count). The van der Waals surface area contributed by atoms with Gasteiger partial charge in [0.05, 0.1) is 0 Å². The molecule has 0 aromatic carbocycles. The molecule has 0 heterocycles. The summed E-state index contributed by atoms with van der Waals surface area (Å²) >= 11 is 3.80. The second-order valence-electron chi connectivity index (χ2n) is 1.67. The maximum atomic E-state index is 10.3. The van der Waals surface area contributed by atoms with Crippen molar-refractivity contribution in [3.05, 3.63) is 12.8 Å². The topological polar surface area (TPSA) is 66.6 Å². The fraction of sp³-hybridized carbons (Fsp3) is 0.400. The van der Waals surface area contributed by atoms with E-state index in [-0.39, 0.29) is 5.75 Å². The highest BCUT2D eigenvalue weighted by Gasteiger charge is 2.18. The minimum Gasteiger partial charge on any atom is -0.480 e. The van der Waals surface area contributed by atoms with Crippen molar-refractivity contribution in [1.29, 1.82) is 0 Å². The Morgan fingerprint density at radius 2 is 2.50 bits per heavy atom. The average Bonchev–Trinajstić information content (AvgIpc) is 1.88. The largest absolute Gasteiger partial charge is 0.480 e. The lowest BCUT2D eigenvalue weighted by Gasteiger charge is -2.19. The molecule has 0 amide bonds. The average molecular weight is 162 g/mol. The number of hydrogen-bond donors (Lipinski definition) is 3. The van der Waals surface area contributed by atoms with Gasteiger partial charge < -0.3 is 10.1 Å². The van der Waals surface area contributed by atoms with E-state index in [1.165, 1.54) is 6.20 Å². The Balaban J connectivity index is 4.05. The smallest absolute Gasteiger partial charge is 0.328 e. The molecule has 0 aromatic heterocycles. The molecule has 1 atom stereocenters. The summed E-state index contributed by atoms with van der Waals surface area (Å²) in [6.45, 7) is 3.32. The van der Waals surface area contributed by atoms with Crippen LogP contribution in [0, 0.1) is 0 Å². The first-order valence-corrected chi connectivity index (χ1v) is 3.26. The first-order valence-electron chi connectivity index (χ1n) is 2.62. The predicted octanol–water partition coefficient (Wildman–Crippen LogP) is -0.311. The molecule has 0 aliphatic carbocycles. The molecule has 5 heteroatoms. The highest BCUT2D eigenvalue weighted by molar-refractivity contribution is 7.80. The fourth-order valence-corrected chi connectivity index (χ4v) is 0.772. The molecule has 3 N–H and O–H groups in total. The van der Waals surface area contributed by atoms with Gasteiger partial charge in [-0.25, -0.2) is 10.6 Å². The summed E-state index contributed by atoms with van der Waals surface area (Å²) in [4.78, 5) is 10.3. The lowest BCUT2D eigenvalue weighted by atomic mass is 10.3. The van der Waals surface area contributed by atoms with Crippen molar-refractivity contribution < 1.29 is 9.90 Å². The van der Waals surface area contributed by atoms with Crippen molar-refractivity contribution in [2.24, 2.45) is 5.84 Å². The molecule has 0 saturated carbocycles. The Morgan fingerprint density at radius 1 is 2.00 bits per heavy atom. The number of aliphatic carboxylic acids is 1. The first kappa shape index (κ1) is 9.32. The summed E-state index contributed by atoms with van der Waals surface area (Å²) < 4.78 is 0. The van der Waals surface area contributed by atoms with Gasteiger partial charge in [-0.3, -0.25) is 0 Å². The molecule has 1 unspecified atom stereocenters. The molecule has 0 aliphatic heterocycles. The van der Waals surface area contributed by atoms with E-state index in [9.17, 15) is 4.79 Å². The second kappa shape index (κ2) is 4.19. The van der Waals surface area contributed by atoms with Crippen LogP contribution in [0.5, 0.6) is 0 Å². The molecule has 0 spiro atoms. The lowest BCUT2D eigenvalue weighted by Crippen LogP contribution is -2.43. The van der Waals surface area contributed by atoms with E-state index in [4.69, 9.17) is 10.9 Å². The van der Waals surface area contributed by atoms with Crippen LogP contribution in [-0.4, -0.2) is 27.9 Å². The summed E-state index contributed by atoms with van der Waals surface area (Å²) in [7, 11) is 0. The Hall–Kier alpha value is -0.680. The van der Waals surface area contributed by atoms with Crippen LogP contribution in [0.25, 0.3) is 0 Å². The highest BCUT2D eigenvalue weighted by atomic mass is 32.1. The number of nitrogens with zero attached hydrogens (tertiary/aromatic N) is 1. The van der Waals surface area contributed by atoms with Crippen molar-refractivity contribution >= 4 is 18.6 Å². The van der Waals surface area contributed by atoms with Crippen LogP contribution in [-0.2, 0) is 4.79 Å². The fourth-order valence-electron chi connectivity index (χ4n) is 0.427. The SMILES string of the molecule is C=CN(N)C(CS)C(=O)O. The zero-order valence-electron chi connectivity index (χ0n) is 5.40. The first-order chi connectivity index (χ1) is 4.63. The van der Waals surface area contributed by atoms with Gasteiger partial charge in [0.2, 0.25) is 0 Å². The zero-order chi connectivity index (χ0) is 8.15. The van der Waals surface area contributed by atoms with Crippen LogP contribution >= 0.6 is 12.6 Å². The minimum absolute atomic E-state index is 0.165. The monoisotopic (exact) mass is 162 g/mol. The van der Waals surface area contributed by atoms with Gasteiger partial charge in [-0.1, -0.05) is 6.58 Å². The van der Waals surface area contributed by atoms with Crippen LogP contribution in [0.15, 0.2) is 12.8 Å². The highest BCUT2D eigenvalue weighted by Crippen LogP contribution is 1.95. The number of hydrogen-bond acceptors (Lipinski definition) is 4. The van der Waals surface area contributed by atoms with E-state index >= 15 is 0 Å². The van der Waals surface area contributed by atoms with Gasteiger partial charge in [-0.05, 0) is 0 Å². The molecule has 0 aliphatic rings. The maximum Gasteiger partial charge on any atom is 0.328 e.